The van der Waals surface area contributed by atoms with E-state index in [2.05, 4.69) is 6.07 Å². The smallest absolute Gasteiger partial charge is 0.190 e. The Morgan fingerprint density at radius 2 is 1.95 bits per heavy atom. The van der Waals surface area contributed by atoms with Gasteiger partial charge in [-0.05, 0) is 51.8 Å². The molecule has 19 heavy (non-hydrogen) atoms. The number of fused-ring (bicyclic) bond motifs is 1. The van der Waals surface area contributed by atoms with E-state index in [0.717, 1.165) is 16.8 Å². The van der Waals surface area contributed by atoms with Gasteiger partial charge in [0.25, 0.3) is 0 Å². The highest BCUT2D eigenvalue weighted by Crippen LogP contribution is 2.43. The Labute approximate surface area is 114 Å². The van der Waals surface area contributed by atoms with Crippen LogP contribution in [0.2, 0.25) is 0 Å². The zero-order valence-electron chi connectivity index (χ0n) is 12.0. The molecule has 2 rings (SSSR count). The second-order valence-corrected chi connectivity index (χ2v) is 5.66. The number of benzene rings is 1. The van der Waals surface area contributed by atoms with E-state index in [1.54, 1.807) is 0 Å². The van der Waals surface area contributed by atoms with Gasteiger partial charge in [-0.15, -0.1) is 0 Å². The number of aryl methyl sites for hydroxylation is 1. The van der Waals surface area contributed by atoms with Gasteiger partial charge in [-0.3, -0.25) is 4.79 Å². The van der Waals surface area contributed by atoms with Crippen LogP contribution in [0.1, 0.15) is 43.6 Å². The lowest BCUT2D eigenvalue weighted by Gasteiger charge is -2.33. The van der Waals surface area contributed by atoms with E-state index in [-0.39, 0.29) is 5.78 Å². The SMILES string of the molecule is CC(C)=C(C#N)N1c2c(C)cccc2C(=O)C1(C)C. The molecule has 0 amide bonds. The lowest BCUT2D eigenvalue weighted by atomic mass is 9.97. The van der Waals surface area contributed by atoms with Crippen LogP contribution in [0, 0.1) is 18.3 Å². The molecular formula is C16H18N2O. The maximum absolute atomic E-state index is 12.6. The molecular weight excluding hydrogens is 236 g/mol. The van der Waals surface area contributed by atoms with Crippen molar-refractivity contribution in [1.82, 2.24) is 0 Å². The Balaban J connectivity index is 2.80. The molecule has 0 spiro atoms. The molecule has 3 heteroatoms. The Morgan fingerprint density at radius 3 is 2.47 bits per heavy atom. The summed E-state index contributed by atoms with van der Waals surface area (Å²) in [7, 11) is 0. The van der Waals surface area contributed by atoms with Crippen molar-refractivity contribution < 1.29 is 4.79 Å². The average molecular weight is 254 g/mol. The van der Waals surface area contributed by atoms with Gasteiger partial charge in [-0.25, -0.2) is 0 Å². The van der Waals surface area contributed by atoms with Crippen molar-refractivity contribution in [2.75, 3.05) is 4.90 Å². The zero-order chi connectivity index (χ0) is 14.4. The van der Waals surface area contributed by atoms with Gasteiger partial charge in [0.15, 0.2) is 5.78 Å². The Bertz CT molecular complexity index is 629. The number of allylic oxidation sites excluding steroid dienone is 2. The number of para-hydroxylation sites is 1. The van der Waals surface area contributed by atoms with Crippen LogP contribution < -0.4 is 4.90 Å². The fraction of sp³-hybridized carbons (Fsp3) is 0.375. The fourth-order valence-corrected chi connectivity index (χ4v) is 2.63. The predicted octanol–water partition coefficient (Wildman–Crippen LogP) is 3.59. The standard InChI is InChI=1S/C16H18N2O/c1-10(2)13(9-17)18-14-11(3)7-6-8-12(14)15(19)16(18,4)5/h6-8H,1-5H3. The first-order chi connectivity index (χ1) is 8.82. The molecule has 1 aliphatic heterocycles. The van der Waals surface area contributed by atoms with Crippen molar-refractivity contribution in [1.29, 1.82) is 5.26 Å². The quantitative estimate of drug-likeness (QED) is 0.719. The summed E-state index contributed by atoms with van der Waals surface area (Å²) >= 11 is 0. The average Bonchev–Trinajstić information content (AvgIpc) is 2.53. The van der Waals surface area contributed by atoms with E-state index >= 15 is 0 Å². The van der Waals surface area contributed by atoms with Crippen molar-refractivity contribution >= 4 is 11.5 Å². The summed E-state index contributed by atoms with van der Waals surface area (Å²) in [5.74, 6) is 0.0696. The predicted molar refractivity (Wildman–Crippen MR) is 76.1 cm³/mol. The first-order valence-corrected chi connectivity index (χ1v) is 6.34. The first-order valence-electron chi connectivity index (χ1n) is 6.34. The van der Waals surface area contributed by atoms with Crippen molar-refractivity contribution in [2.24, 2.45) is 0 Å². The molecule has 1 aromatic carbocycles. The summed E-state index contributed by atoms with van der Waals surface area (Å²) in [5.41, 5.74) is 3.36. The molecule has 0 fully saturated rings. The number of hydrogen-bond donors (Lipinski definition) is 0. The number of nitrogens with zero attached hydrogens (tertiary/aromatic N) is 2. The lowest BCUT2D eigenvalue weighted by Crippen LogP contribution is -2.44. The summed E-state index contributed by atoms with van der Waals surface area (Å²) in [6.07, 6.45) is 0. The van der Waals surface area contributed by atoms with Crippen LogP contribution >= 0.6 is 0 Å². The third kappa shape index (κ3) is 1.76. The normalized spacial score (nSPS) is 16.0. The van der Waals surface area contributed by atoms with Gasteiger partial charge < -0.3 is 4.90 Å². The van der Waals surface area contributed by atoms with Gasteiger partial charge in [0.05, 0.1) is 5.69 Å². The van der Waals surface area contributed by atoms with Crippen LogP contribution in [-0.4, -0.2) is 11.3 Å². The van der Waals surface area contributed by atoms with Crippen LogP contribution in [-0.2, 0) is 0 Å². The monoisotopic (exact) mass is 254 g/mol. The highest BCUT2D eigenvalue weighted by Gasteiger charge is 2.46. The number of carbonyl (C=O) groups is 1. The van der Waals surface area contributed by atoms with Crippen molar-refractivity contribution in [3.05, 3.63) is 40.6 Å². The van der Waals surface area contributed by atoms with E-state index in [1.807, 2.05) is 57.7 Å². The zero-order valence-corrected chi connectivity index (χ0v) is 12.0. The molecule has 1 aliphatic rings. The minimum absolute atomic E-state index is 0.0696. The molecule has 0 radical (unpaired) electrons. The number of anilines is 1. The van der Waals surface area contributed by atoms with Gasteiger partial charge in [-0.1, -0.05) is 12.1 Å². The molecule has 0 saturated heterocycles. The maximum atomic E-state index is 12.6. The highest BCUT2D eigenvalue weighted by molar-refractivity contribution is 6.15. The molecule has 1 aromatic rings. The Kier molecular flexibility index (Phi) is 2.98. The minimum atomic E-state index is -0.712. The van der Waals surface area contributed by atoms with Crippen molar-refractivity contribution in [2.45, 2.75) is 40.2 Å². The molecule has 0 aromatic heterocycles. The maximum Gasteiger partial charge on any atom is 0.190 e. The van der Waals surface area contributed by atoms with Gasteiger partial charge in [-0.2, -0.15) is 5.26 Å². The van der Waals surface area contributed by atoms with E-state index in [4.69, 9.17) is 0 Å². The van der Waals surface area contributed by atoms with E-state index in [9.17, 15) is 10.1 Å². The van der Waals surface area contributed by atoms with Gasteiger partial charge >= 0.3 is 0 Å². The minimum Gasteiger partial charge on any atom is -0.319 e. The van der Waals surface area contributed by atoms with Crippen molar-refractivity contribution in [3.8, 4) is 6.07 Å². The number of carbonyl (C=O) groups excluding carboxylic acids is 1. The van der Waals surface area contributed by atoms with Gasteiger partial charge in [0.1, 0.15) is 17.3 Å². The summed E-state index contributed by atoms with van der Waals surface area (Å²) in [4.78, 5) is 14.4. The number of ketones is 1. The van der Waals surface area contributed by atoms with E-state index in [1.165, 1.54) is 0 Å². The topological polar surface area (TPSA) is 44.1 Å². The molecule has 0 aliphatic carbocycles. The van der Waals surface area contributed by atoms with E-state index < -0.39 is 5.54 Å². The molecule has 0 N–H and O–H groups in total. The Morgan fingerprint density at radius 1 is 1.32 bits per heavy atom. The van der Waals surface area contributed by atoms with Crippen LogP contribution in [0.15, 0.2) is 29.5 Å². The van der Waals surface area contributed by atoms with Crippen LogP contribution in [0.25, 0.3) is 0 Å². The molecule has 1 heterocycles. The molecule has 0 atom stereocenters. The number of hydrogen-bond acceptors (Lipinski definition) is 3. The summed E-state index contributed by atoms with van der Waals surface area (Å²) < 4.78 is 0. The summed E-state index contributed by atoms with van der Waals surface area (Å²) in [6.45, 7) is 9.51. The second kappa shape index (κ2) is 4.24. The molecule has 0 saturated carbocycles. The summed E-state index contributed by atoms with van der Waals surface area (Å²) in [5, 5.41) is 9.43. The van der Waals surface area contributed by atoms with Gasteiger partial charge in [0.2, 0.25) is 0 Å². The first kappa shape index (κ1) is 13.4. The largest absolute Gasteiger partial charge is 0.319 e. The lowest BCUT2D eigenvalue weighted by molar-refractivity contribution is 0.0928. The van der Waals surface area contributed by atoms with Crippen LogP contribution in [0.3, 0.4) is 0 Å². The molecule has 3 nitrogen and oxygen atoms in total. The molecule has 0 unspecified atom stereocenters. The molecule has 98 valence electrons. The summed E-state index contributed by atoms with van der Waals surface area (Å²) in [6, 6.07) is 7.94. The van der Waals surface area contributed by atoms with Gasteiger partial charge in [0, 0.05) is 5.56 Å². The van der Waals surface area contributed by atoms with Crippen LogP contribution in [0.4, 0.5) is 5.69 Å². The number of rotatable bonds is 1. The highest BCUT2D eigenvalue weighted by atomic mass is 16.1. The third-order valence-electron chi connectivity index (χ3n) is 3.62. The number of nitriles is 1. The number of Topliss-reactive ketones (excluding diaryl/α,β-unsaturated/α-hetero) is 1. The second-order valence-electron chi connectivity index (χ2n) is 5.66. The van der Waals surface area contributed by atoms with E-state index in [0.29, 0.717) is 11.3 Å². The van der Waals surface area contributed by atoms with Crippen molar-refractivity contribution in [3.63, 3.8) is 0 Å². The molecule has 0 bridgehead atoms. The third-order valence-corrected chi connectivity index (χ3v) is 3.62. The fourth-order valence-electron chi connectivity index (χ4n) is 2.63. The van der Waals surface area contributed by atoms with Crippen LogP contribution in [0.5, 0.6) is 0 Å². The Hall–Kier alpha value is -2.08.